The van der Waals surface area contributed by atoms with E-state index in [1.807, 2.05) is 46.3 Å². The molecule has 0 rings (SSSR count). The Balaban J connectivity index is 4.55. The highest BCUT2D eigenvalue weighted by Crippen LogP contribution is 2.38. The standard InChI is InChI=1S/C40H72NO8P/c1-6-8-10-12-14-16-18-20-22-24-26-28-30-32-39(42)46-36-38(37-48-50(44,45)47-35-34-41(3,4)5)49-40(43)33-31-29-27-25-23-21-19-17-15-13-11-9-7-2/h7,9,11,13,27,29,31,33,38H,6,8,10,12,14-26,28,30,32,34-37H2,1-5H3/b9-7+,13-11+,29-27+,33-31+/t38-/m1/s1. The molecule has 0 spiro atoms. The number of likely N-dealkylation sites (N-methyl/N-ethyl adjacent to an activating group) is 1. The number of ether oxygens (including phenoxy) is 2. The van der Waals surface area contributed by atoms with Gasteiger partial charge in [0, 0.05) is 12.5 Å². The van der Waals surface area contributed by atoms with Crippen LogP contribution in [0.5, 0.6) is 0 Å². The number of hydrogen-bond acceptors (Lipinski definition) is 8. The smallest absolute Gasteiger partial charge is 0.331 e. The minimum absolute atomic E-state index is 0.0495. The largest absolute Gasteiger partial charge is 0.756 e. The Morgan fingerprint density at radius 1 is 0.700 bits per heavy atom. The summed E-state index contributed by atoms with van der Waals surface area (Å²) in [5, 5.41) is 0. The lowest BCUT2D eigenvalue weighted by molar-refractivity contribution is -0.870. The topological polar surface area (TPSA) is 111 Å². The molecule has 0 aromatic rings. The number of phosphoric acid groups is 1. The highest BCUT2D eigenvalue weighted by atomic mass is 31.2. The fraction of sp³-hybridized carbons (Fsp3) is 0.750. The zero-order valence-corrected chi connectivity index (χ0v) is 33.2. The van der Waals surface area contributed by atoms with E-state index in [2.05, 4.69) is 19.1 Å². The summed E-state index contributed by atoms with van der Waals surface area (Å²) in [7, 11) is 1.10. The summed E-state index contributed by atoms with van der Waals surface area (Å²) >= 11 is 0. The van der Waals surface area contributed by atoms with Gasteiger partial charge in [-0.15, -0.1) is 0 Å². The molecule has 0 saturated heterocycles. The zero-order valence-electron chi connectivity index (χ0n) is 32.3. The van der Waals surface area contributed by atoms with Gasteiger partial charge in [0.2, 0.25) is 0 Å². The number of phosphoric ester groups is 1. The number of unbranched alkanes of at least 4 members (excludes halogenated alkanes) is 17. The van der Waals surface area contributed by atoms with Crippen molar-refractivity contribution in [3.63, 3.8) is 0 Å². The third-order valence-electron chi connectivity index (χ3n) is 8.04. The molecule has 0 amide bonds. The lowest BCUT2D eigenvalue weighted by Gasteiger charge is -2.28. The van der Waals surface area contributed by atoms with E-state index >= 15 is 0 Å². The van der Waals surface area contributed by atoms with Crippen molar-refractivity contribution in [2.24, 2.45) is 0 Å². The summed E-state index contributed by atoms with van der Waals surface area (Å²) in [5.41, 5.74) is 0. The number of carbonyl (C=O) groups excluding carboxylic acids is 2. The van der Waals surface area contributed by atoms with Gasteiger partial charge in [0.1, 0.15) is 19.8 Å². The van der Waals surface area contributed by atoms with Gasteiger partial charge in [0.15, 0.2) is 6.10 Å². The molecule has 1 unspecified atom stereocenters. The van der Waals surface area contributed by atoms with Crippen molar-refractivity contribution in [2.45, 2.75) is 148 Å². The van der Waals surface area contributed by atoms with Crippen LogP contribution in [0.25, 0.3) is 0 Å². The molecule has 9 nitrogen and oxygen atoms in total. The predicted molar refractivity (Wildman–Crippen MR) is 203 cm³/mol. The van der Waals surface area contributed by atoms with Crippen LogP contribution in [0.4, 0.5) is 0 Å². The Kier molecular flexibility index (Phi) is 31.5. The minimum atomic E-state index is -4.65. The number of quaternary nitrogens is 1. The Morgan fingerprint density at radius 2 is 1.22 bits per heavy atom. The summed E-state index contributed by atoms with van der Waals surface area (Å²) in [6.07, 6.45) is 36.4. The van der Waals surface area contributed by atoms with E-state index in [1.54, 1.807) is 12.2 Å². The van der Waals surface area contributed by atoms with Crippen LogP contribution in [0, 0.1) is 0 Å². The van der Waals surface area contributed by atoms with Crippen LogP contribution in [0.2, 0.25) is 0 Å². The second-order valence-electron chi connectivity index (χ2n) is 14.1. The number of carbonyl (C=O) groups is 2. The van der Waals surface area contributed by atoms with Crippen molar-refractivity contribution in [2.75, 3.05) is 47.5 Å². The van der Waals surface area contributed by atoms with Crippen molar-refractivity contribution in [1.82, 2.24) is 0 Å². The van der Waals surface area contributed by atoms with E-state index in [1.165, 1.54) is 83.1 Å². The first-order valence-electron chi connectivity index (χ1n) is 19.4. The Hall–Kier alpha value is -2.03. The first kappa shape index (κ1) is 48.0. The van der Waals surface area contributed by atoms with Crippen molar-refractivity contribution in [3.8, 4) is 0 Å². The monoisotopic (exact) mass is 725 g/mol. The SMILES string of the molecule is C/C=C/C=C/CCCCCC/C=C/C=C/C(=O)O[C@H](COC(=O)CCCCCCCCCCCCCCC)COP(=O)([O-])OCC[N+](C)(C)C. The fourth-order valence-corrected chi connectivity index (χ4v) is 5.70. The van der Waals surface area contributed by atoms with E-state index in [4.69, 9.17) is 18.5 Å². The van der Waals surface area contributed by atoms with E-state index in [0.29, 0.717) is 11.0 Å². The van der Waals surface area contributed by atoms with Gasteiger partial charge in [-0.25, -0.2) is 4.79 Å². The molecule has 0 fully saturated rings. The van der Waals surface area contributed by atoms with Gasteiger partial charge in [-0.05, 0) is 39.0 Å². The normalized spacial score (nSPS) is 14.3. The zero-order chi connectivity index (χ0) is 37.2. The molecule has 0 N–H and O–H groups in total. The average molecular weight is 726 g/mol. The molecule has 0 aromatic heterocycles. The van der Waals surface area contributed by atoms with Crippen LogP contribution in [0.3, 0.4) is 0 Å². The third-order valence-corrected chi connectivity index (χ3v) is 9.00. The minimum Gasteiger partial charge on any atom is -0.756 e. The maximum atomic E-state index is 12.5. The number of hydrogen-bond donors (Lipinski definition) is 0. The number of allylic oxidation sites excluding steroid dienone is 7. The molecule has 50 heavy (non-hydrogen) atoms. The summed E-state index contributed by atoms with van der Waals surface area (Å²) in [4.78, 5) is 37.2. The lowest BCUT2D eigenvalue weighted by Crippen LogP contribution is -2.37. The molecule has 0 aliphatic rings. The maximum absolute atomic E-state index is 12.5. The van der Waals surface area contributed by atoms with Gasteiger partial charge in [-0.2, -0.15) is 0 Å². The molecule has 10 heteroatoms. The lowest BCUT2D eigenvalue weighted by atomic mass is 10.0. The van der Waals surface area contributed by atoms with E-state index in [9.17, 15) is 19.0 Å². The van der Waals surface area contributed by atoms with E-state index < -0.39 is 32.5 Å². The van der Waals surface area contributed by atoms with Crippen LogP contribution in [-0.2, 0) is 32.7 Å². The second-order valence-corrected chi connectivity index (χ2v) is 15.5. The quantitative estimate of drug-likeness (QED) is 0.0161. The molecule has 0 aliphatic carbocycles. The first-order chi connectivity index (χ1) is 24.0. The molecule has 0 aliphatic heterocycles. The third kappa shape index (κ3) is 35.8. The van der Waals surface area contributed by atoms with E-state index in [-0.39, 0.29) is 19.6 Å². The summed E-state index contributed by atoms with van der Waals surface area (Å²) in [5.74, 6) is -1.10. The number of nitrogens with zero attached hydrogens (tertiary/aromatic N) is 1. The highest BCUT2D eigenvalue weighted by Gasteiger charge is 2.21. The van der Waals surface area contributed by atoms with Gasteiger partial charge >= 0.3 is 11.9 Å². The molecule has 2 atom stereocenters. The van der Waals surface area contributed by atoms with Gasteiger partial charge in [-0.1, -0.05) is 139 Å². The van der Waals surface area contributed by atoms with E-state index in [0.717, 1.165) is 44.9 Å². The molecular formula is C40H72NO8P. The molecule has 0 aromatic carbocycles. The highest BCUT2D eigenvalue weighted by molar-refractivity contribution is 7.45. The molecule has 0 bridgehead atoms. The molecular weight excluding hydrogens is 653 g/mol. The van der Waals surface area contributed by atoms with Crippen LogP contribution in [0.15, 0.2) is 48.6 Å². The summed E-state index contributed by atoms with van der Waals surface area (Å²) < 4.78 is 33.5. The molecule has 290 valence electrons. The number of esters is 2. The molecule has 0 radical (unpaired) electrons. The van der Waals surface area contributed by atoms with Crippen LogP contribution >= 0.6 is 7.82 Å². The fourth-order valence-electron chi connectivity index (χ4n) is 4.98. The van der Waals surface area contributed by atoms with Gasteiger partial charge in [-0.3, -0.25) is 9.36 Å². The van der Waals surface area contributed by atoms with Crippen LogP contribution in [0.1, 0.15) is 142 Å². The Bertz CT molecular complexity index is 1000. The average Bonchev–Trinajstić information content (AvgIpc) is 3.06. The van der Waals surface area contributed by atoms with Crippen LogP contribution in [-0.4, -0.2) is 70.0 Å². The maximum Gasteiger partial charge on any atom is 0.331 e. The summed E-state index contributed by atoms with van der Waals surface area (Å²) in [6, 6.07) is 0. The van der Waals surface area contributed by atoms with Crippen molar-refractivity contribution < 1.29 is 42.1 Å². The van der Waals surface area contributed by atoms with Gasteiger partial charge < -0.3 is 27.9 Å². The Morgan fingerprint density at radius 3 is 1.76 bits per heavy atom. The van der Waals surface area contributed by atoms with Gasteiger partial charge in [0.25, 0.3) is 7.82 Å². The predicted octanol–water partition coefficient (Wildman–Crippen LogP) is 9.72. The second kappa shape index (κ2) is 32.8. The molecule has 0 saturated carbocycles. The first-order valence-corrected chi connectivity index (χ1v) is 20.8. The van der Waals surface area contributed by atoms with Crippen molar-refractivity contribution in [3.05, 3.63) is 48.6 Å². The summed E-state index contributed by atoms with van der Waals surface area (Å²) in [6.45, 7) is 3.83. The number of rotatable bonds is 34. The van der Waals surface area contributed by atoms with Crippen molar-refractivity contribution in [1.29, 1.82) is 0 Å². The molecule has 0 heterocycles. The van der Waals surface area contributed by atoms with Gasteiger partial charge in [0.05, 0.1) is 27.7 Å². The van der Waals surface area contributed by atoms with Crippen LogP contribution < -0.4 is 4.89 Å². The van der Waals surface area contributed by atoms with Crippen molar-refractivity contribution >= 4 is 19.8 Å². The Labute approximate surface area is 305 Å².